The van der Waals surface area contributed by atoms with E-state index >= 15 is 0 Å². The third-order valence-electron chi connectivity index (χ3n) is 3.76. The Morgan fingerprint density at radius 3 is 2.56 bits per heavy atom. The number of hydrogen-bond donors (Lipinski definition) is 2. The summed E-state index contributed by atoms with van der Waals surface area (Å²) >= 11 is 0. The van der Waals surface area contributed by atoms with Crippen molar-refractivity contribution < 1.29 is 5.11 Å². The van der Waals surface area contributed by atoms with Gasteiger partial charge in [-0.05, 0) is 42.9 Å². The predicted molar refractivity (Wildman–Crippen MR) is 66.3 cm³/mol. The summed E-state index contributed by atoms with van der Waals surface area (Å²) in [5.41, 5.74) is 8.40. The molecular formula is C14H21NO. The van der Waals surface area contributed by atoms with E-state index < -0.39 is 0 Å². The number of aryl methyl sites for hydroxylation is 1. The summed E-state index contributed by atoms with van der Waals surface area (Å²) in [6.07, 6.45) is 6.49. The van der Waals surface area contributed by atoms with Gasteiger partial charge in [-0.3, -0.25) is 0 Å². The van der Waals surface area contributed by atoms with Crippen LogP contribution in [0.15, 0.2) is 18.2 Å². The Morgan fingerprint density at radius 2 is 1.94 bits per heavy atom. The second kappa shape index (κ2) is 4.88. The standard InChI is InChI=1S/C14H21NO/c1-10-9-12(7-8-13(10)16)14(15)11-5-3-2-4-6-11/h7-9,11,14,16H,2-6,15H2,1H3/t14-/m0/s1. The highest BCUT2D eigenvalue weighted by Crippen LogP contribution is 2.33. The minimum atomic E-state index is 0.139. The van der Waals surface area contributed by atoms with Crippen LogP contribution in [0.3, 0.4) is 0 Å². The molecule has 0 aliphatic heterocycles. The van der Waals surface area contributed by atoms with E-state index in [0.29, 0.717) is 11.7 Å². The molecular weight excluding hydrogens is 198 g/mol. The first-order valence-corrected chi connectivity index (χ1v) is 6.23. The van der Waals surface area contributed by atoms with E-state index in [4.69, 9.17) is 5.73 Å². The highest BCUT2D eigenvalue weighted by atomic mass is 16.3. The lowest BCUT2D eigenvalue weighted by Gasteiger charge is -2.28. The SMILES string of the molecule is Cc1cc([C@@H](N)C2CCCCC2)ccc1O. The zero-order chi connectivity index (χ0) is 11.5. The van der Waals surface area contributed by atoms with Crippen LogP contribution in [-0.2, 0) is 0 Å². The summed E-state index contributed by atoms with van der Waals surface area (Å²) in [4.78, 5) is 0. The largest absolute Gasteiger partial charge is 0.508 e. The summed E-state index contributed by atoms with van der Waals surface area (Å²) < 4.78 is 0. The van der Waals surface area contributed by atoms with E-state index in [0.717, 1.165) is 5.56 Å². The molecule has 1 aliphatic carbocycles. The van der Waals surface area contributed by atoms with Crippen LogP contribution in [0.25, 0.3) is 0 Å². The van der Waals surface area contributed by atoms with Crippen molar-refractivity contribution in [1.82, 2.24) is 0 Å². The molecule has 1 aromatic carbocycles. The van der Waals surface area contributed by atoms with Gasteiger partial charge in [-0.1, -0.05) is 31.4 Å². The molecule has 2 rings (SSSR count). The molecule has 1 atom stereocenters. The van der Waals surface area contributed by atoms with Crippen LogP contribution < -0.4 is 5.73 Å². The Balaban J connectivity index is 2.12. The second-order valence-corrected chi connectivity index (χ2v) is 4.97. The van der Waals surface area contributed by atoms with Crippen molar-refractivity contribution in [2.75, 3.05) is 0 Å². The van der Waals surface area contributed by atoms with Gasteiger partial charge in [0.15, 0.2) is 0 Å². The maximum atomic E-state index is 9.50. The summed E-state index contributed by atoms with van der Waals surface area (Å²) in [7, 11) is 0. The van der Waals surface area contributed by atoms with E-state index in [1.54, 1.807) is 6.07 Å². The Bertz CT molecular complexity index is 356. The van der Waals surface area contributed by atoms with Gasteiger partial charge in [0.2, 0.25) is 0 Å². The van der Waals surface area contributed by atoms with Gasteiger partial charge in [0.25, 0.3) is 0 Å². The lowest BCUT2D eigenvalue weighted by atomic mass is 9.81. The van der Waals surface area contributed by atoms with Gasteiger partial charge in [-0.2, -0.15) is 0 Å². The molecule has 0 saturated heterocycles. The maximum absolute atomic E-state index is 9.50. The molecule has 2 heteroatoms. The van der Waals surface area contributed by atoms with Crippen LogP contribution in [0.1, 0.15) is 49.3 Å². The van der Waals surface area contributed by atoms with Crippen LogP contribution >= 0.6 is 0 Å². The molecule has 0 aromatic heterocycles. The molecule has 0 spiro atoms. The first-order chi connectivity index (χ1) is 7.68. The molecule has 88 valence electrons. The molecule has 1 aliphatic rings. The van der Waals surface area contributed by atoms with E-state index in [1.165, 1.54) is 37.7 Å². The van der Waals surface area contributed by atoms with Gasteiger partial charge in [-0.15, -0.1) is 0 Å². The van der Waals surface area contributed by atoms with Crippen LogP contribution in [0.4, 0.5) is 0 Å². The first-order valence-electron chi connectivity index (χ1n) is 6.23. The Kier molecular flexibility index (Phi) is 3.49. The molecule has 3 N–H and O–H groups in total. The van der Waals surface area contributed by atoms with E-state index in [2.05, 4.69) is 0 Å². The normalized spacial score (nSPS) is 19.6. The minimum Gasteiger partial charge on any atom is -0.508 e. The molecule has 1 fully saturated rings. The average molecular weight is 219 g/mol. The lowest BCUT2D eigenvalue weighted by Crippen LogP contribution is -2.23. The monoisotopic (exact) mass is 219 g/mol. The van der Waals surface area contributed by atoms with Crippen LogP contribution in [0.5, 0.6) is 5.75 Å². The number of aromatic hydroxyl groups is 1. The van der Waals surface area contributed by atoms with Crippen molar-refractivity contribution in [1.29, 1.82) is 0 Å². The fourth-order valence-corrected chi connectivity index (χ4v) is 2.65. The van der Waals surface area contributed by atoms with Gasteiger partial charge >= 0.3 is 0 Å². The minimum absolute atomic E-state index is 0.139. The Hall–Kier alpha value is -1.02. The summed E-state index contributed by atoms with van der Waals surface area (Å²) in [6.45, 7) is 1.92. The molecule has 16 heavy (non-hydrogen) atoms. The van der Waals surface area contributed by atoms with Gasteiger partial charge in [0.1, 0.15) is 5.75 Å². The maximum Gasteiger partial charge on any atom is 0.118 e. The average Bonchev–Trinajstić information content (AvgIpc) is 2.33. The Morgan fingerprint density at radius 1 is 1.25 bits per heavy atom. The number of nitrogens with two attached hydrogens (primary N) is 1. The second-order valence-electron chi connectivity index (χ2n) is 4.97. The zero-order valence-corrected chi connectivity index (χ0v) is 9.95. The van der Waals surface area contributed by atoms with Crippen molar-refractivity contribution >= 4 is 0 Å². The van der Waals surface area contributed by atoms with E-state index in [9.17, 15) is 5.11 Å². The zero-order valence-electron chi connectivity index (χ0n) is 9.95. The van der Waals surface area contributed by atoms with Gasteiger partial charge in [-0.25, -0.2) is 0 Å². The highest BCUT2D eigenvalue weighted by molar-refractivity contribution is 5.36. The molecule has 0 bridgehead atoms. The molecule has 1 aromatic rings. The van der Waals surface area contributed by atoms with Crippen molar-refractivity contribution in [2.24, 2.45) is 11.7 Å². The molecule has 0 unspecified atom stereocenters. The number of rotatable bonds is 2. The Labute approximate surface area is 97.5 Å². The topological polar surface area (TPSA) is 46.2 Å². The fourth-order valence-electron chi connectivity index (χ4n) is 2.65. The third kappa shape index (κ3) is 2.38. The van der Waals surface area contributed by atoms with E-state index in [-0.39, 0.29) is 6.04 Å². The van der Waals surface area contributed by atoms with Crippen molar-refractivity contribution in [3.63, 3.8) is 0 Å². The number of phenolic OH excluding ortho intramolecular Hbond substituents is 1. The molecule has 0 heterocycles. The predicted octanol–water partition coefficient (Wildman–Crippen LogP) is 3.28. The lowest BCUT2D eigenvalue weighted by molar-refractivity contribution is 0.308. The smallest absolute Gasteiger partial charge is 0.118 e. The van der Waals surface area contributed by atoms with Crippen molar-refractivity contribution in [3.8, 4) is 5.75 Å². The number of benzene rings is 1. The fraction of sp³-hybridized carbons (Fsp3) is 0.571. The molecule has 2 nitrogen and oxygen atoms in total. The van der Waals surface area contributed by atoms with Gasteiger partial charge in [0.05, 0.1) is 0 Å². The first kappa shape index (κ1) is 11.5. The molecule has 0 amide bonds. The summed E-state index contributed by atoms with van der Waals surface area (Å²) in [5, 5.41) is 9.50. The summed E-state index contributed by atoms with van der Waals surface area (Å²) in [6, 6.07) is 5.88. The van der Waals surface area contributed by atoms with Crippen LogP contribution in [0.2, 0.25) is 0 Å². The van der Waals surface area contributed by atoms with Gasteiger partial charge < -0.3 is 10.8 Å². The summed E-state index contributed by atoms with van der Waals surface area (Å²) in [5.74, 6) is 0.984. The van der Waals surface area contributed by atoms with Crippen molar-refractivity contribution in [2.45, 2.75) is 45.1 Å². The van der Waals surface area contributed by atoms with Gasteiger partial charge in [0, 0.05) is 6.04 Å². The van der Waals surface area contributed by atoms with Crippen LogP contribution in [0, 0.1) is 12.8 Å². The van der Waals surface area contributed by atoms with Crippen LogP contribution in [-0.4, -0.2) is 5.11 Å². The van der Waals surface area contributed by atoms with Crippen molar-refractivity contribution in [3.05, 3.63) is 29.3 Å². The molecule has 1 saturated carbocycles. The highest BCUT2D eigenvalue weighted by Gasteiger charge is 2.21. The molecule has 0 radical (unpaired) electrons. The number of hydrogen-bond acceptors (Lipinski definition) is 2. The van der Waals surface area contributed by atoms with E-state index in [1.807, 2.05) is 19.1 Å². The number of phenols is 1. The third-order valence-corrected chi connectivity index (χ3v) is 3.76. The quantitative estimate of drug-likeness (QED) is 0.801.